The third-order valence-corrected chi connectivity index (χ3v) is 4.48. The number of rotatable bonds is 10. The standard InChI is InChI=1S/C20H36N4O2/c1-8-25-11-12-26-18-13-16(2)9-10-17(18)14-22-19(21-5)23-15-20(3,4)24(6)7/h9-10,13H,8,11-12,14-15H2,1-7H3,(H2,21,22,23). The predicted octanol–water partition coefficient (Wildman–Crippen LogP) is 2.42. The van der Waals surface area contributed by atoms with Crippen molar-refractivity contribution in [1.82, 2.24) is 15.5 Å². The van der Waals surface area contributed by atoms with Gasteiger partial charge in [-0.3, -0.25) is 4.99 Å². The molecule has 1 aromatic rings. The molecule has 0 radical (unpaired) electrons. The molecule has 0 heterocycles. The first-order valence-electron chi connectivity index (χ1n) is 9.22. The topological polar surface area (TPSA) is 58.1 Å². The lowest BCUT2D eigenvalue weighted by Gasteiger charge is -2.33. The van der Waals surface area contributed by atoms with Crippen molar-refractivity contribution >= 4 is 5.96 Å². The van der Waals surface area contributed by atoms with E-state index in [1.807, 2.05) is 6.92 Å². The third-order valence-electron chi connectivity index (χ3n) is 4.48. The maximum Gasteiger partial charge on any atom is 0.191 e. The lowest BCUT2D eigenvalue weighted by molar-refractivity contribution is 0.110. The van der Waals surface area contributed by atoms with Crippen molar-refractivity contribution in [3.63, 3.8) is 0 Å². The molecule has 1 rings (SSSR count). The summed E-state index contributed by atoms with van der Waals surface area (Å²) in [6.45, 7) is 11.7. The first-order valence-corrected chi connectivity index (χ1v) is 9.22. The van der Waals surface area contributed by atoms with Crippen molar-refractivity contribution in [3.8, 4) is 5.75 Å². The molecule has 0 aliphatic heterocycles. The summed E-state index contributed by atoms with van der Waals surface area (Å²) in [5, 5.41) is 6.76. The molecule has 0 aliphatic rings. The van der Waals surface area contributed by atoms with E-state index in [0.717, 1.165) is 23.8 Å². The van der Waals surface area contributed by atoms with Crippen molar-refractivity contribution in [1.29, 1.82) is 0 Å². The molecule has 26 heavy (non-hydrogen) atoms. The zero-order valence-electron chi connectivity index (χ0n) is 17.5. The average molecular weight is 365 g/mol. The molecule has 0 bridgehead atoms. The molecule has 6 nitrogen and oxygen atoms in total. The van der Waals surface area contributed by atoms with E-state index < -0.39 is 0 Å². The van der Waals surface area contributed by atoms with Gasteiger partial charge < -0.3 is 25.0 Å². The van der Waals surface area contributed by atoms with Crippen LogP contribution >= 0.6 is 0 Å². The first-order chi connectivity index (χ1) is 12.3. The first kappa shape index (κ1) is 22.3. The van der Waals surface area contributed by atoms with Crippen LogP contribution in [0.2, 0.25) is 0 Å². The molecular formula is C20H36N4O2. The van der Waals surface area contributed by atoms with Crippen LogP contribution in [0.15, 0.2) is 23.2 Å². The second-order valence-electron chi connectivity index (χ2n) is 7.14. The number of likely N-dealkylation sites (N-methyl/N-ethyl adjacent to an activating group) is 1. The van der Waals surface area contributed by atoms with Crippen LogP contribution < -0.4 is 15.4 Å². The molecule has 0 amide bonds. The van der Waals surface area contributed by atoms with Crippen molar-refractivity contribution < 1.29 is 9.47 Å². The van der Waals surface area contributed by atoms with Crippen LogP contribution in [0.3, 0.4) is 0 Å². The van der Waals surface area contributed by atoms with Crippen LogP contribution in [0.5, 0.6) is 5.75 Å². The van der Waals surface area contributed by atoms with E-state index in [4.69, 9.17) is 9.47 Å². The Balaban J connectivity index is 2.64. The zero-order chi connectivity index (χ0) is 19.6. The van der Waals surface area contributed by atoms with Gasteiger partial charge in [-0.1, -0.05) is 12.1 Å². The number of aryl methyl sites for hydroxylation is 1. The fourth-order valence-corrected chi connectivity index (χ4v) is 2.15. The minimum atomic E-state index is 0.0367. The van der Waals surface area contributed by atoms with E-state index in [0.29, 0.717) is 26.4 Å². The Bertz CT molecular complexity index is 571. The van der Waals surface area contributed by atoms with Crippen LogP contribution in [0.1, 0.15) is 31.9 Å². The van der Waals surface area contributed by atoms with Gasteiger partial charge in [0, 0.05) is 37.8 Å². The van der Waals surface area contributed by atoms with Gasteiger partial charge in [0.2, 0.25) is 0 Å². The fourth-order valence-electron chi connectivity index (χ4n) is 2.15. The number of nitrogens with one attached hydrogen (secondary N) is 2. The average Bonchev–Trinajstić information content (AvgIpc) is 2.60. The lowest BCUT2D eigenvalue weighted by Crippen LogP contribution is -2.50. The SMILES string of the molecule is CCOCCOc1cc(C)ccc1CNC(=NC)NCC(C)(C)N(C)C. The van der Waals surface area contributed by atoms with E-state index >= 15 is 0 Å². The van der Waals surface area contributed by atoms with Crippen molar-refractivity contribution in [2.24, 2.45) is 4.99 Å². The summed E-state index contributed by atoms with van der Waals surface area (Å²) >= 11 is 0. The van der Waals surface area contributed by atoms with E-state index in [1.54, 1.807) is 7.05 Å². The Labute approximate surface area is 159 Å². The summed E-state index contributed by atoms with van der Waals surface area (Å²) in [6, 6.07) is 6.25. The number of aliphatic imine (C=N–C) groups is 1. The molecule has 0 saturated carbocycles. The summed E-state index contributed by atoms with van der Waals surface area (Å²) in [4.78, 5) is 6.51. The highest BCUT2D eigenvalue weighted by Gasteiger charge is 2.20. The highest BCUT2D eigenvalue weighted by molar-refractivity contribution is 5.79. The quantitative estimate of drug-likeness (QED) is 0.379. The Morgan fingerprint density at radius 1 is 1.19 bits per heavy atom. The molecule has 148 valence electrons. The molecule has 6 heteroatoms. The van der Waals surface area contributed by atoms with E-state index in [-0.39, 0.29) is 5.54 Å². The molecule has 1 aromatic carbocycles. The highest BCUT2D eigenvalue weighted by Crippen LogP contribution is 2.20. The van der Waals surface area contributed by atoms with Crippen LogP contribution in [-0.2, 0) is 11.3 Å². The number of hydrogen-bond donors (Lipinski definition) is 2. The summed E-state index contributed by atoms with van der Waals surface area (Å²) in [7, 11) is 5.94. The maximum absolute atomic E-state index is 5.90. The monoisotopic (exact) mass is 364 g/mol. The van der Waals surface area contributed by atoms with E-state index in [1.165, 1.54) is 5.56 Å². The van der Waals surface area contributed by atoms with Crippen molar-refractivity contribution in [2.75, 3.05) is 47.5 Å². The summed E-state index contributed by atoms with van der Waals surface area (Å²) in [6.07, 6.45) is 0. The second kappa shape index (κ2) is 11.0. The molecular weight excluding hydrogens is 328 g/mol. The Hall–Kier alpha value is -1.79. The zero-order valence-corrected chi connectivity index (χ0v) is 17.5. The van der Waals surface area contributed by atoms with Gasteiger partial charge in [-0.2, -0.15) is 0 Å². The minimum absolute atomic E-state index is 0.0367. The van der Waals surface area contributed by atoms with Gasteiger partial charge in [-0.05, 0) is 53.4 Å². The number of hydrogen-bond acceptors (Lipinski definition) is 4. The summed E-state index contributed by atoms with van der Waals surface area (Å²) in [5.74, 6) is 1.67. The molecule has 0 fully saturated rings. The van der Waals surface area contributed by atoms with Crippen LogP contribution in [0.25, 0.3) is 0 Å². The van der Waals surface area contributed by atoms with Crippen molar-refractivity contribution in [3.05, 3.63) is 29.3 Å². The summed E-state index contributed by atoms with van der Waals surface area (Å²) < 4.78 is 11.2. The molecule has 0 unspecified atom stereocenters. The highest BCUT2D eigenvalue weighted by atomic mass is 16.5. The van der Waals surface area contributed by atoms with Gasteiger partial charge in [-0.25, -0.2) is 0 Å². The van der Waals surface area contributed by atoms with E-state index in [2.05, 4.69) is 73.6 Å². The molecule has 0 aromatic heterocycles. The Kier molecular flexibility index (Phi) is 9.44. The third kappa shape index (κ3) is 7.62. The van der Waals surface area contributed by atoms with Crippen molar-refractivity contribution in [2.45, 2.75) is 39.8 Å². The summed E-state index contributed by atoms with van der Waals surface area (Å²) in [5.41, 5.74) is 2.31. The predicted molar refractivity (Wildman–Crippen MR) is 109 cm³/mol. The van der Waals surface area contributed by atoms with Gasteiger partial charge in [0.1, 0.15) is 12.4 Å². The Morgan fingerprint density at radius 2 is 1.92 bits per heavy atom. The van der Waals surface area contributed by atoms with Gasteiger partial charge >= 0.3 is 0 Å². The number of ether oxygens (including phenoxy) is 2. The van der Waals surface area contributed by atoms with Crippen LogP contribution in [-0.4, -0.2) is 63.9 Å². The minimum Gasteiger partial charge on any atom is -0.491 e. The van der Waals surface area contributed by atoms with Gasteiger partial charge in [-0.15, -0.1) is 0 Å². The number of nitrogens with zero attached hydrogens (tertiary/aromatic N) is 2. The molecule has 0 aliphatic carbocycles. The second-order valence-corrected chi connectivity index (χ2v) is 7.14. The number of benzene rings is 1. The van der Waals surface area contributed by atoms with Crippen LogP contribution in [0.4, 0.5) is 0 Å². The van der Waals surface area contributed by atoms with E-state index in [9.17, 15) is 0 Å². The molecule has 2 N–H and O–H groups in total. The largest absolute Gasteiger partial charge is 0.491 e. The fraction of sp³-hybridized carbons (Fsp3) is 0.650. The molecule has 0 spiro atoms. The van der Waals surface area contributed by atoms with Crippen LogP contribution in [0, 0.1) is 6.92 Å². The maximum atomic E-state index is 5.90. The molecule has 0 atom stereocenters. The Morgan fingerprint density at radius 3 is 2.54 bits per heavy atom. The number of guanidine groups is 1. The lowest BCUT2D eigenvalue weighted by atomic mass is 10.0. The van der Waals surface area contributed by atoms with Gasteiger partial charge in [0.15, 0.2) is 5.96 Å². The van der Waals surface area contributed by atoms with Gasteiger partial charge in [0.05, 0.1) is 6.61 Å². The normalized spacial score (nSPS) is 12.4. The molecule has 0 saturated heterocycles. The smallest absolute Gasteiger partial charge is 0.191 e. The van der Waals surface area contributed by atoms with Gasteiger partial charge in [0.25, 0.3) is 0 Å².